The quantitative estimate of drug-likeness (QED) is 0.819. The number of amides is 1. The Kier molecular flexibility index (Phi) is 4.02. The summed E-state index contributed by atoms with van der Waals surface area (Å²) in [7, 11) is 0. The summed E-state index contributed by atoms with van der Waals surface area (Å²) in [6, 6.07) is 5.09. The van der Waals surface area contributed by atoms with Crippen LogP contribution in [-0.4, -0.2) is 39.4 Å². The number of esters is 1. The second-order valence-corrected chi connectivity index (χ2v) is 6.37. The van der Waals surface area contributed by atoms with Gasteiger partial charge in [0.05, 0.1) is 11.6 Å². The summed E-state index contributed by atoms with van der Waals surface area (Å²) in [5, 5.41) is 0. The Balaban J connectivity index is 1.60. The Morgan fingerprint density at radius 3 is 2.96 bits per heavy atom. The molecule has 1 fully saturated rings. The Hall–Kier alpha value is -3.03. The van der Waals surface area contributed by atoms with E-state index in [2.05, 4.69) is 9.97 Å². The molecule has 2 aliphatic heterocycles. The van der Waals surface area contributed by atoms with Crippen LogP contribution in [0.3, 0.4) is 0 Å². The molecule has 1 aromatic heterocycles. The maximum absolute atomic E-state index is 14.1. The summed E-state index contributed by atoms with van der Waals surface area (Å²) in [5.74, 6) is -1.23. The summed E-state index contributed by atoms with van der Waals surface area (Å²) in [6.45, 7) is 0.459. The van der Waals surface area contributed by atoms with E-state index in [1.165, 1.54) is 30.5 Å². The molecule has 1 amide bonds. The van der Waals surface area contributed by atoms with Crippen molar-refractivity contribution >= 4 is 11.9 Å². The van der Waals surface area contributed by atoms with Crippen LogP contribution in [0.1, 0.15) is 40.6 Å². The molecule has 2 aromatic rings. The van der Waals surface area contributed by atoms with Gasteiger partial charge >= 0.3 is 5.97 Å². The molecule has 8 heteroatoms. The maximum atomic E-state index is 14.1. The van der Waals surface area contributed by atoms with E-state index in [1.54, 1.807) is 4.90 Å². The van der Waals surface area contributed by atoms with E-state index in [9.17, 15) is 18.8 Å². The van der Waals surface area contributed by atoms with Gasteiger partial charge in [-0.15, -0.1) is 0 Å². The predicted molar refractivity (Wildman–Crippen MR) is 87.9 cm³/mol. The first kappa shape index (κ1) is 16.4. The minimum atomic E-state index is -1.08. The van der Waals surface area contributed by atoms with Crippen molar-refractivity contribution in [2.24, 2.45) is 0 Å². The highest BCUT2D eigenvalue weighted by molar-refractivity contribution is 5.96. The van der Waals surface area contributed by atoms with Gasteiger partial charge in [-0.25, -0.2) is 14.2 Å². The van der Waals surface area contributed by atoms with Crippen LogP contribution in [0, 0.1) is 5.82 Å². The van der Waals surface area contributed by atoms with E-state index >= 15 is 0 Å². The number of aromatic amines is 1. The number of nitrogens with one attached hydrogen (secondary N) is 1. The number of hydrogen-bond acceptors (Lipinski definition) is 5. The standard InChI is InChI=1S/C18H16FN3O4/c19-12-4-1-3-10-11(12)9-14(26-18(10)25)17(24)22-8-2-5-13(22)16-20-7-6-15(23)21-16/h1,3-4,6-7,13-14H,2,5,8-9H2,(H,20,21,23). The lowest BCUT2D eigenvalue weighted by molar-refractivity contribution is -0.142. The van der Waals surface area contributed by atoms with Crippen LogP contribution in [0.25, 0.3) is 0 Å². The molecule has 1 N–H and O–H groups in total. The number of aromatic nitrogens is 2. The lowest BCUT2D eigenvalue weighted by atomic mass is 9.97. The molecule has 4 rings (SSSR count). The number of fused-ring (bicyclic) bond motifs is 1. The number of cyclic esters (lactones) is 1. The number of hydrogen-bond donors (Lipinski definition) is 1. The van der Waals surface area contributed by atoms with Crippen LogP contribution in [-0.2, 0) is 16.0 Å². The van der Waals surface area contributed by atoms with E-state index in [1.807, 2.05) is 0 Å². The minimum absolute atomic E-state index is 0.00542. The second kappa shape index (κ2) is 6.36. The molecular formula is C18H16FN3O4. The first-order valence-electron chi connectivity index (χ1n) is 8.38. The Morgan fingerprint density at radius 2 is 2.15 bits per heavy atom. The first-order valence-corrected chi connectivity index (χ1v) is 8.38. The topological polar surface area (TPSA) is 92.4 Å². The average molecular weight is 357 g/mol. The summed E-state index contributed by atoms with van der Waals surface area (Å²) in [5.41, 5.74) is 0.0551. The number of H-pyrrole nitrogens is 1. The normalized spacial score (nSPS) is 22.0. The average Bonchev–Trinajstić information content (AvgIpc) is 3.11. The molecule has 1 saturated heterocycles. The van der Waals surface area contributed by atoms with Crippen molar-refractivity contribution < 1.29 is 18.7 Å². The lowest BCUT2D eigenvalue weighted by Crippen LogP contribution is -2.44. The summed E-state index contributed by atoms with van der Waals surface area (Å²) >= 11 is 0. The molecule has 2 atom stereocenters. The van der Waals surface area contributed by atoms with Crippen LogP contribution in [0.4, 0.5) is 4.39 Å². The highest BCUT2D eigenvalue weighted by Gasteiger charge is 2.40. The molecule has 2 aliphatic rings. The van der Waals surface area contributed by atoms with Gasteiger partial charge in [-0.1, -0.05) is 6.07 Å². The van der Waals surface area contributed by atoms with Crippen LogP contribution in [0.15, 0.2) is 35.3 Å². The largest absolute Gasteiger partial charge is 0.448 e. The molecule has 134 valence electrons. The van der Waals surface area contributed by atoms with E-state index in [4.69, 9.17) is 4.74 Å². The number of nitrogens with zero attached hydrogens (tertiary/aromatic N) is 2. The Morgan fingerprint density at radius 1 is 1.31 bits per heavy atom. The van der Waals surface area contributed by atoms with Crippen molar-refractivity contribution in [1.29, 1.82) is 0 Å². The number of rotatable bonds is 2. The second-order valence-electron chi connectivity index (χ2n) is 6.37. The fourth-order valence-electron chi connectivity index (χ4n) is 3.57. The number of halogens is 1. The van der Waals surface area contributed by atoms with Gasteiger partial charge in [0.2, 0.25) is 0 Å². The molecule has 26 heavy (non-hydrogen) atoms. The molecule has 0 radical (unpaired) electrons. The van der Waals surface area contributed by atoms with Crippen molar-refractivity contribution in [2.75, 3.05) is 6.54 Å². The Bertz CT molecular complexity index is 942. The fourth-order valence-corrected chi connectivity index (χ4v) is 3.57. The van der Waals surface area contributed by atoms with Gasteiger partial charge < -0.3 is 14.6 Å². The zero-order chi connectivity index (χ0) is 18.3. The molecule has 2 unspecified atom stereocenters. The summed E-state index contributed by atoms with van der Waals surface area (Å²) in [4.78, 5) is 45.0. The van der Waals surface area contributed by atoms with E-state index in [0.717, 1.165) is 6.42 Å². The number of ether oxygens (including phenoxy) is 1. The molecule has 0 bridgehead atoms. The van der Waals surface area contributed by atoms with Gasteiger partial charge in [-0.3, -0.25) is 9.59 Å². The fraction of sp³-hybridized carbons (Fsp3) is 0.333. The highest BCUT2D eigenvalue weighted by Crippen LogP contribution is 2.32. The van der Waals surface area contributed by atoms with Crippen LogP contribution in [0.5, 0.6) is 0 Å². The van der Waals surface area contributed by atoms with E-state index < -0.39 is 29.8 Å². The van der Waals surface area contributed by atoms with Gasteiger partial charge in [0.25, 0.3) is 11.5 Å². The lowest BCUT2D eigenvalue weighted by Gasteiger charge is -2.30. The molecule has 0 aliphatic carbocycles. The monoisotopic (exact) mass is 357 g/mol. The minimum Gasteiger partial charge on any atom is -0.448 e. The molecule has 7 nitrogen and oxygen atoms in total. The third-order valence-corrected chi connectivity index (χ3v) is 4.80. The zero-order valence-corrected chi connectivity index (χ0v) is 13.8. The number of likely N-dealkylation sites (tertiary alicyclic amines) is 1. The molecule has 0 spiro atoms. The number of carbonyl (C=O) groups excluding carboxylic acids is 2. The van der Waals surface area contributed by atoms with Crippen molar-refractivity contribution in [2.45, 2.75) is 31.4 Å². The SMILES string of the molecule is O=C1OC(C(=O)N2CCCC2c2nccc(=O)[nH]2)Cc2c(F)cccc21. The van der Waals surface area contributed by atoms with Crippen LogP contribution >= 0.6 is 0 Å². The first-order chi connectivity index (χ1) is 12.5. The predicted octanol–water partition coefficient (Wildman–Crippen LogP) is 1.35. The maximum Gasteiger partial charge on any atom is 0.339 e. The van der Waals surface area contributed by atoms with Gasteiger partial charge in [-0.05, 0) is 25.0 Å². The Labute approximate surface area is 147 Å². The van der Waals surface area contributed by atoms with Gasteiger partial charge in [-0.2, -0.15) is 0 Å². The van der Waals surface area contributed by atoms with Crippen molar-refractivity contribution in [1.82, 2.24) is 14.9 Å². The van der Waals surface area contributed by atoms with Gasteiger partial charge in [0.15, 0.2) is 6.10 Å². The van der Waals surface area contributed by atoms with Gasteiger partial charge in [0.1, 0.15) is 11.6 Å². The smallest absolute Gasteiger partial charge is 0.339 e. The van der Waals surface area contributed by atoms with Crippen LogP contribution < -0.4 is 5.56 Å². The highest BCUT2D eigenvalue weighted by atomic mass is 19.1. The third-order valence-electron chi connectivity index (χ3n) is 4.80. The van der Waals surface area contributed by atoms with Gasteiger partial charge in [0, 0.05) is 30.8 Å². The van der Waals surface area contributed by atoms with Crippen LogP contribution in [0.2, 0.25) is 0 Å². The number of benzene rings is 1. The van der Waals surface area contributed by atoms with Crippen molar-refractivity contribution in [3.05, 3.63) is 63.6 Å². The molecule has 1 aromatic carbocycles. The third kappa shape index (κ3) is 2.77. The van der Waals surface area contributed by atoms with Crippen molar-refractivity contribution in [3.63, 3.8) is 0 Å². The zero-order valence-electron chi connectivity index (χ0n) is 13.8. The molecule has 0 saturated carbocycles. The molecule has 3 heterocycles. The summed E-state index contributed by atoms with van der Waals surface area (Å²) in [6.07, 6.45) is 1.68. The molecular weight excluding hydrogens is 341 g/mol. The van der Waals surface area contributed by atoms with E-state index in [0.29, 0.717) is 18.8 Å². The van der Waals surface area contributed by atoms with Crippen molar-refractivity contribution in [3.8, 4) is 0 Å². The van der Waals surface area contributed by atoms with E-state index in [-0.39, 0.29) is 23.1 Å². The summed E-state index contributed by atoms with van der Waals surface area (Å²) < 4.78 is 19.3. The number of carbonyl (C=O) groups is 2.